The van der Waals surface area contributed by atoms with Crippen LogP contribution >= 0.6 is 23.2 Å². The van der Waals surface area contributed by atoms with Crippen molar-refractivity contribution in [2.45, 2.75) is 38.5 Å². The first-order valence-electron chi connectivity index (χ1n) is 11.0. The lowest BCUT2D eigenvalue weighted by atomic mass is 9.90. The van der Waals surface area contributed by atoms with Crippen molar-refractivity contribution < 1.29 is 27.9 Å². The molecular formula is C26H23Cl2F3N2O3. The van der Waals surface area contributed by atoms with Gasteiger partial charge in [0.05, 0.1) is 18.0 Å². The average Bonchev–Trinajstić information content (AvgIpc) is 2.80. The summed E-state index contributed by atoms with van der Waals surface area (Å²) in [6.45, 7) is 1.93. The summed E-state index contributed by atoms with van der Waals surface area (Å²) in [6.07, 6.45) is -4.59. The second kappa shape index (κ2) is 11.7. The number of alkyl halides is 3. The zero-order chi connectivity index (χ0) is 26.5. The molecule has 0 heterocycles. The Balaban J connectivity index is 1.95. The summed E-state index contributed by atoms with van der Waals surface area (Å²) in [7, 11) is 0. The van der Waals surface area contributed by atoms with E-state index < -0.39 is 29.8 Å². The highest BCUT2D eigenvalue weighted by Crippen LogP contribution is 2.37. The van der Waals surface area contributed by atoms with Crippen LogP contribution in [0.1, 0.15) is 41.6 Å². The molecule has 0 radical (unpaired) electrons. The van der Waals surface area contributed by atoms with Crippen LogP contribution in [0.4, 0.5) is 18.0 Å². The Kier molecular flexibility index (Phi) is 8.87. The number of hydrogen-bond donors (Lipinski definition) is 3. The van der Waals surface area contributed by atoms with E-state index >= 15 is 0 Å². The van der Waals surface area contributed by atoms with Gasteiger partial charge in [-0.25, -0.2) is 4.79 Å². The number of rotatable bonds is 8. The lowest BCUT2D eigenvalue weighted by Gasteiger charge is -2.23. The van der Waals surface area contributed by atoms with E-state index in [1.54, 1.807) is 43.3 Å². The van der Waals surface area contributed by atoms with Crippen LogP contribution in [0.2, 0.25) is 10.0 Å². The molecule has 190 valence electrons. The molecule has 1 atom stereocenters. The molecule has 3 aromatic rings. The summed E-state index contributed by atoms with van der Waals surface area (Å²) >= 11 is 12.1. The van der Waals surface area contributed by atoms with Gasteiger partial charge in [0.25, 0.3) is 0 Å². The van der Waals surface area contributed by atoms with Crippen LogP contribution in [0.25, 0.3) is 11.1 Å². The van der Waals surface area contributed by atoms with Gasteiger partial charge in [0, 0.05) is 16.6 Å². The Morgan fingerprint density at radius 1 is 0.944 bits per heavy atom. The van der Waals surface area contributed by atoms with Crippen molar-refractivity contribution in [2.75, 3.05) is 0 Å². The topological polar surface area (TPSA) is 78.4 Å². The van der Waals surface area contributed by atoms with Gasteiger partial charge in [-0.1, -0.05) is 54.4 Å². The number of carboxylic acid groups (broad SMARTS) is 1. The molecule has 0 bridgehead atoms. The van der Waals surface area contributed by atoms with E-state index in [4.69, 9.17) is 28.3 Å². The molecule has 0 aliphatic carbocycles. The van der Waals surface area contributed by atoms with Crippen molar-refractivity contribution in [1.29, 1.82) is 0 Å². The fraction of sp³-hybridized carbons (Fsp3) is 0.231. The highest BCUT2D eigenvalue weighted by Gasteiger charge is 2.32. The molecule has 0 aliphatic heterocycles. The second-order valence-corrected chi connectivity index (χ2v) is 9.01. The fourth-order valence-corrected chi connectivity index (χ4v) is 4.15. The van der Waals surface area contributed by atoms with E-state index in [0.29, 0.717) is 28.1 Å². The van der Waals surface area contributed by atoms with Gasteiger partial charge in [0.1, 0.15) is 0 Å². The first-order chi connectivity index (χ1) is 17.0. The third-order valence-corrected chi connectivity index (χ3v) is 5.93. The molecule has 3 N–H and O–H groups in total. The van der Waals surface area contributed by atoms with Gasteiger partial charge in [-0.15, -0.1) is 0 Å². The van der Waals surface area contributed by atoms with Crippen molar-refractivity contribution in [3.05, 3.63) is 93.0 Å². The van der Waals surface area contributed by atoms with Crippen LogP contribution < -0.4 is 10.6 Å². The Bertz CT molecular complexity index is 1250. The Morgan fingerprint density at radius 2 is 1.64 bits per heavy atom. The molecule has 0 saturated carbocycles. The van der Waals surface area contributed by atoms with E-state index in [-0.39, 0.29) is 23.6 Å². The van der Waals surface area contributed by atoms with Crippen molar-refractivity contribution in [3.8, 4) is 11.1 Å². The van der Waals surface area contributed by atoms with E-state index in [2.05, 4.69) is 10.6 Å². The number of benzene rings is 3. The van der Waals surface area contributed by atoms with Gasteiger partial charge < -0.3 is 15.7 Å². The minimum absolute atomic E-state index is 0.196. The van der Waals surface area contributed by atoms with Gasteiger partial charge in [0.2, 0.25) is 0 Å². The molecule has 0 fully saturated rings. The van der Waals surface area contributed by atoms with Crippen molar-refractivity contribution >= 4 is 35.2 Å². The monoisotopic (exact) mass is 538 g/mol. The molecule has 10 heteroatoms. The Labute approximate surface area is 216 Å². The lowest BCUT2D eigenvalue weighted by molar-refractivity contribution is -0.138. The molecule has 0 aliphatic rings. The van der Waals surface area contributed by atoms with Crippen molar-refractivity contribution in [3.63, 3.8) is 0 Å². The summed E-state index contributed by atoms with van der Waals surface area (Å²) in [4.78, 5) is 23.8. The van der Waals surface area contributed by atoms with Crippen LogP contribution in [-0.2, 0) is 23.9 Å². The van der Waals surface area contributed by atoms with E-state index in [0.717, 1.165) is 17.7 Å². The van der Waals surface area contributed by atoms with Gasteiger partial charge in [-0.3, -0.25) is 4.79 Å². The van der Waals surface area contributed by atoms with E-state index in [1.165, 1.54) is 12.1 Å². The molecule has 3 aromatic carbocycles. The average molecular weight is 539 g/mol. The van der Waals surface area contributed by atoms with Gasteiger partial charge >= 0.3 is 18.2 Å². The summed E-state index contributed by atoms with van der Waals surface area (Å²) in [5, 5.41) is 15.4. The predicted octanol–water partition coefficient (Wildman–Crippen LogP) is 7.26. The highest BCUT2D eigenvalue weighted by atomic mass is 35.5. The number of halogens is 5. The molecule has 0 saturated heterocycles. The molecule has 3 rings (SSSR count). The normalized spacial score (nSPS) is 12.2. The highest BCUT2D eigenvalue weighted by molar-refractivity contribution is 6.31. The minimum atomic E-state index is -4.59. The third kappa shape index (κ3) is 7.38. The molecule has 1 unspecified atom stereocenters. The minimum Gasteiger partial charge on any atom is -0.481 e. The second-order valence-electron chi connectivity index (χ2n) is 8.13. The number of nitrogens with one attached hydrogen (secondary N) is 2. The molecule has 36 heavy (non-hydrogen) atoms. The number of hydrogen-bond acceptors (Lipinski definition) is 2. The van der Waals surface area contributed by atoms with Crippen molar-refractivity contribution in [2.24, 2.45) is 0 Å². The fourth-order valence-electron chi connectivity index (χ4n) is 3.77. The largest absolute Gasteiger partial charge is 0.481 e. The summed E-state index contributed by atoms with van der Waals surface area (Å²) in [6, 6.07) is 13.4. The van der Waals surface area contributed by atoms with E-state index in [1.807, 2.05) is 0 Å². The van der Waals surface area contributed by atoms with Gasteiger partial charge in [0.15, 0.2) is 0 Å². The van der Waals surface area contributed by atoms with Gasteiger partial charge in [-0.2, -0.15) is 13.2 Å². The predicted molar refractivity (Wildman–Crippen MR) is 133 cm³/mol. The van der Waals surface area contributed by atoms with Crippen molar-refractivity contribution in [1.82, 2.24) is 10.6 Å². The smallest absolute Gasteiger partial charge is 0.416 e. The summed E-state index contributed by atoms with van der Waals surface area (Å²) in [5.41, 5.74) is 1.42. The SMILES string of the molecule is CCC(NC(=O)NCc1ccc(Cl)cc1)c1cc(C(F)(F)F)ccc1-c1cc(Cl)cc(CC(=O)O)c1. The summed E-state index contributed by atoms with van der Waals surface area (Å²) < 4.78 is 40.6. The molecular weight excluding hydrogens is 516 g/mol. The third-order valence-electron chi connectivity index (χ3n) is 5.46. The zero-order valence-corrected chi connectivity index (χ0v) is 20.6. The zero-order valence-electron chi connectivity index (χ0n) is 19.1. The van der Waals surface area contributed by atoms with Crippen LogP contribution in [0, 0.1) is 0 Å². The number of aliphatic carboxylic acids is 1. The van der Waals surface area contributed by atoms with Gasteiger partial charge in [-0.05, 0) is 70.6 Å². The van der Waals surface area contributed by atoms with Crippen LogP contribution in [0.5, 0.6) is 0 Å². The maximum absolute atomic E-state index is 13.5. The number of carbonyl (C=O) groups excluding carboxylic acids is 1. The molecule has 0 spiro atoms. The molecule has 0 aromatic heterocycles. The number of amides is 2. The number of carbonyl (C=O) groups is 2. The number of urea groups is 1. The molecule has 5 nitrogen and oxygen atoms in total. The Hall–Kier alpha value is -3.23. The maximum atomic E-state index is 13.5. The standard InChI is InChI=1S/C26H23Cl2F3N2O3/c1-2-23(33-25(36)32-14-15-3-6-19(27)7-4-15)22-13-18(26(29,30)31)5-8-21(22)17-9-16(11-24(34)35)10-20(28)12-17/h3-10,12-13,23H,2,11,14H2,1H3,(H,34,35)(H2,32,33,36). The lowest BCUT2D eigenvalue weighted by Crippen LogP contribution is -2.37. The van der Waals surface area contributed by atoms with Crippen LogP contribution in [-0.4, -0.2) is 17.1 Å². The Morgan fingerprint density at radius 3 is 2.25 bits per heavy atom. The summed E-state index contributed by atoms with van der Waals surface area (Å²) in [5.74, 6) is -1.07. The quantitative estimate of drug-likeness (QED) is 0.282. The van der Waals surface area contributed by atoms with E-state index in [9.17, 15) is 22.8 Å². The maximum Gasteiger partial charge on any atom is 0.416 e. The first kappa shape index (κ1) is 27.4. The van der Waals surface area contributed by atoms with Crippen LogP contribution in [0.3, 0.4) is 0 Å². The molecule has 2 amide bonds. The number of carboxylic acids is 1. The first-order valence-corrected chi connectivity index (χ1v) is 11.7. The van der Waals surface area contributed by atoms with Crippen LogP contribution in [0.15, 0.2) is 60.7 Å².